The van der Waals surface area contributed by atoms with Gasteiger partial charge in [0.25, 0.3) is 0 Å². The first-order valence-electron chi connectivity index (χ1n) is 8.11. The van der Waals surface area contributed by atoms with Crippen molar-refractivity contribution in [1.82, 2.24) is 0 Å². The Labute approximate surface area is 154 Å². The molecule has 0 saturated heterocycles. The average molecular weight is 407 g/mol. The summed E-state index contributed by atoms with van der Waals surface area (Å²) in [6.07, 6.45) is 3.16. The molecule has 0 aromatic heterocycles. The fourth-order valence-electron chi connectivity index (χ4n) is 3.40. The Morgan fingerprint density at radius 2 is 1.88 bits per heavy atom. The maximum Gasteiger partial charge on any atom is 0.335 e. The number of halogens is 1. The quantitative estimate of drug-likeness (QED) is 0.746. The van der Waals surface area contributed by atoms with Gasteiger partial charge in [-0.2, -0.15) is 0 Å². The Morgan fingerprint density at radius 1 is 1.24 bits per heavy atom. The summed E-state index contributed by atoms with van der Waals surface area (Å²) in [4.78, 5) is 23.9. The van der Waals surface area contributed by atoms with Crippen molar-refractivity contribution in [2.45, 2.75) is 26.4 Å². The van der Waals surface area contributed by atoms with Crippen LogP contribution in [0.1, 0.15) is 25.3 Å². The van der Waals surface area contributed by atoms with Crippen LogP contribution in [0.2, 0.25) is 0 Å². The van der Waals surface area contributed by atoms with Crippen LogP contribution in [0, 0.1) is 17.3 Å². The van der Waals surface area contributed by atoms with E-state index in [0.717, 1.165) is 18.4 Å². The molecule has 0 heterocycles. The third kappa shape index (κ3) is 3.23. The van der Waals surface area contributed by atoms with E-state index in [-0.39, 0.29) is 23.9 Å². The summed E-state index contributed by atoms with van der Waals surface area (Å²) < 4.78 is 6.24. The van der Waals surface area contributed by atoms with E-state index in [1.165, 1.54) is 6.08 Å². The van der Waals surface area contributed by atoms with Crippen molar-refractivity contribution < 1.29 is 24.5 Å². The zero-order valence-electron chi connectivity index (χ0n) is 13.7. The van der Waals surface area contributed by atoms with Crippen LogP contribution in [0.15, 0.2) is 52.2 Å². The molecule has 1 fully saturated rings. The highest BCUT2D eigenvalue weighted by molar-refractivity contribution is 9.11. The molecule has 6 heteroatoms. The van der Waals surface area contributed by atoms with Gasteiger partial charge in [0.15, 0.2) is 0 Å². The number of rotatable bonds is 6. The number of hydrogen-bond acceptors (Lipinski definition) is 3. The monoisotopic (exact) mass is 406 g/mol. The highest BCUT2D eigenvalue weighted by Gasteiger charge is 2.56. The Morgan fingerprint density at radius 3 is 2.40 bits per heavy atom. The van der Waals surface area contributed by atoms with Gasteiger partial charge in [0.1, 0.15) is 17.8 Å². The number of aliphatic carboxylic acids is 2. The lowest BCUT2D eigenvalue weighted by atomic mass is 9.67. The van der Waals surface area contributed by atoms with E-state index in [1.54, 1.807) is 6.92 Å². The maximum absolute atomic E-state index is 12.0. The molecule has 1 aromatic rings. The largest absolute Gasteiger partial charge is 0.488 e. The standard InChI is InChI=1S/C19H19BrO5/c1-19(18(23)24)14(20)9-13(25-10-11-5-3-2-4-6-11)15(17(21)22)16(19)12-7-8-12/h2-6,9,12,16H,7-8,10H2,1H3,(H,21,22)(H,23,24). The fourth-order valence-corrected chi connectivity index (χ4v) is 4.02. The number of allylic oxidation sites excluding steroid dienone is 1. The summed E-state index contributed by atoms with van der Waals surface area (Å²) in [6.45, 7) is 1.81. The molecular formula is C19H19BrO5. The number of hydrogen-bond donors (Lipinski definition) is 2. The molecule has 2 aliphatic carbocycles. The third-order valence-electron chi connectivity index (χ3n) is 4.96. The van der Waals surface area contributed by atoms with Crippen molar-refractivity contribution in [3.8, 4) is 0 Å². The Kier molecular flexibility index (Phi) is 4.73. The van der Waals surface area contributed by atoms with Crippen LogP contribution >= 0.6 is 15.9 Å². The molecule has 2 unspecified atom stereocenters. The lowest BCUT2D eigenvalue weighted by Crippen LogP contribution is -2.42. The third-order valence-corrected chi connectivity index (χ3v) is 6.01. The summed E-state index contributed by atoms with van der Waals surface area (Å²) in [5.41, 5.74) is -0.320. The first-order valence-corrected chi connectivity index (χ1v) is 8.90. The summed E-state index contributed by atoms with van der Waals surface area (Å²) in [5.74, 6) is -2.49. The second kappa shape index (κ2) is 6.67. The summed E-state index contributed by atoms with van der Waals surface area (Å²) >= 11 is 3.36. The Hall–Kier alpha value is -2.08. The summed E-state index contributed by atoms with van der Waals surface area (Å²) in [5, 5.41) is 19.6. The summed E-state index contributed by atoms with van der Waals surface area (Å²) in [6, 6.07) is 9.44. The van der Waals surface area contributed by atoms with Gasteiger partial charge in [0, 0.05) is 10.4 Å². The van der Waals surface area contributed by atoms with Crippen LogP contribution in [0.25, 0.3) is 0 Å². The van der Waals surface area contributed by atoms with Gasteiger partial charge in [-0.15, -0.1) is 0 Å². The molecule has 25 heavy (non-hydrogen) atoms. The van der Waals surface area contributed by atoms with E-state index in [2.05, 4.69) is 15.9 Å². The van der Waals surface area contributed by atoms with Crippen LogP contribution in [0.5, 0.6) is 0 Å². The van der Waals surface area contributed by atoms with Crippen LogP contribution in [-0.2, 0) is 20.9 Å². The molecule has 0 aliphatic heterocycles. The first kappa shape index (κ1) is 17.7. The minimum atomic E-state index is -1.30. The second-order valence-corrected chi connectivity index (χ2v) is 7.53. The molecule has 0 bridgehead atoms. The van der Waals surface area contributed by atoms with Gasteiger partial charge in [-0.3, -0.25) is 4.79 Å². The molecule has 0 radical (unpaired) electrons. The number of benzene rings is 1. The van der Waals surface area contributed by atoms with Gasteiger partial charge < -0.3 is 14.9 Å². The van der Waals surface area contributed by atoms with Gasteiger partial charge in [-0.25, -0.2) is 4.79 Å². The molecule has 2 atom stereocenters. The smallest absolute Gasteiger partial charge is 0.335 e. The predicted molar refractivity (Wildman–Crippen MR) is 94.9 cm³/mol. The first-order chi connectivity index (χ1) is 11.9. The number of ether oxygens (including phenoxy) is 1. The molecule has 2 aliphatic rings. The van der Waals surface area contributed by atoms with E-state index in [0.29, 0.717) is 4.48 Å². The molecule has 1 saturated carbocycles. The minimum Gasteiger partial charge on any atom is -0.488 e. The molecule has 1 aromatic carbocycles. The normalized spacial score (nSPS) is 26.2. The SMILES string of the molecule is CC1(C(=O)O)C(Br)=CC(OCc2ccccc2)=C(C(=O)O)C1C1CC1. The topological polar surface area (TPSA) is 83.8 Å². The van der Waals surface area contributed by atoms with E-state index in [1.807, 2.05) is 30.3 Å². The highest BCUT2D eigenvalue weighted by Crippen LogP contribution is 2.56. The van der Waals surface area contributed by atoms with Crippen molar-refractivity contribution in [2.75, 3.05) is 0 Å². The molecule has 132 valence electrons. The van der Waals surface area contributed by atoms with E-state index >= 15 is 0 Å². The van der Waals surface area contributed by atoms with Crippen molar-refractivity contribution in [2.24, 2.45) is 17.3 Å². The Balaban J connectivity index is 2.00. The predicted octanol–water partition coefficient (Wildman–Crippen LogP) is 3.95. The van der Waals surface area contributed by atoms with Crippen molar-refractivity contribution >= 4 is 27.9 Å². The number of carboxylic acid groups (broad SMARTS) is 2. The maximum atomic E-state index is 12.0. The van der Waals surface area contributed by atoms with E-state index in [9.17, 15) is 19.8 Å². The van der Waals surface area contributed by atoms with Crippen molar-refractivity contribution in [1.29, 1.82) is 0 Å². The zero-order valence-corrected chi connectivity index (χ0v) is 15.3. The second-order valence-electron chi connectivity index (χ2n) is 6.67. The zero-order chi connectivity index (χ0) is 18.2. The lowest BCUT2D eigenvalue weighted by molar-refractivity contribution is -0.148. The fraction of sp³-hybridized carbons (Fsp3) is 0.368. The number of carbonyl (C=O) groups is 2. The van der Waals surface area contributed by atoms with Crippen LogP contribution in [0.4, 0.5) is 0 Å². The number of carboxylic acids is 2. The van der Waals surface area contributed by atoms with Gasteiger partial charge in [-0.05, 0) is 37.3 Å². The van der Waals surface area contributed by atoms with Crippen molar-refractivity contribution in [3.05, 3.63) is 57.8 Å². The van der Waals surface area contributed by atoms with Crippen molar-refractivity contribution in [3.63, 3.8) is 0 Å². The van der Waals surface area contributed by atoms with Crippen LogP contribution in [-0.4, -0.2) is 22.2 Å². The average Bonchev–Trinajstić information content (AvgIpc) is 3.40. The summed E-state index contributed by atoms with van der Waals surface area (Å²) in [7, 11) is 0. The van der Waals surface area contributed by atoms with Gasteiger partial charge in [0.2, 0.25) is 0 Å². The van der Waals surface area contributed by atoms with Crippen LogP contribution < -0.4 is 0 Å². The molecule has 0 spiro atoms. The van der Waals surface area contributed by atoms with E-state index < -0.39 is 23.3 Å². The minimum absolute atomic E-state index is 0.0452. The van der Waals surface area contributed by atoms with Gasteiger partial charge in [0.05, 0.1) is 5.57 Å². The lowest BCUT2D eigenvalue weighted by Gasteiger charge is -2.38. The Bertz CT molecular complexity index is 763. The molecule has 0 amide bonds. The molecule has 3 rings (SSSR count). The van der Waals surface area contributed by atoms with Crippen LogP contribution in [0.3, 0.4) is 0 Å². The van der Waals surface area contributed by atoms with E-state index in [4.69, 9.17) is 4.74 Å². The molecule has 2 N–H and O–H groups in total. The molecular weight excluding hydrogens is 388 g/mol. The molecule has 5 nitrogen and oxygen atoms in total. The van der Waals surface area contributed by atoms with Gasteiger partial charge >= 0.3 is 11.9 Å². The highest BCUT2D eigenvalue weighted by atomic mass is 79.9. The van der Waals surface area contributed by atoms with Gasteiger partial charge in [-0.1, -0.05) is 46.3 Å².